The molecule has 0 saturated heterocycles. The number of nitrogens with zero attached hydrogens (tertiary/aromatic N) is 4. The van der Waals surface area contributed by atoms with E-state index in [0.717, 1.165) is 12.1 Å². The van der Waals surface area contributed by atoms with Crippen LogP contribution in [0, 0.1) is 5.92 Å². The summed E-state index contributed by atoms with van der Waals surface area (Å²) in [6.45, 7) is 5.26. The van der Waals surface area contributed by atoms with E-state index in [9.17, 15) is 18.0 Å². The van der Waals surface area contributed by atoms with Crippen molar-refractivity contribution in [2.45, 2.75) is 26.6 Å². The van der Waals surface area contributed by atoms with Gasteiger partial charge in [0.1, 0.15) is 0 Å². The van der Waals surface area contributed by atoms with E-state index in [2.05, 4.69) is 34.1 Å². The second kappa shape index (κ2) is 11.3. The monoisotopic (exact) mass is 462 g/mol. The SMILES string of the molecule is CC(C)CN(C)c1nc(N)c(C(=O)NCc2ccncc2)nc1Cl.O=C(O)C(F)(F)F. The van der Waals surface area contributed by atoms with Gasteiger partial charge in [-0.1, -0.05) is 25.4 Å². The highest BCUT2D eigenvalue weighted by atomic mass is 35.5. The quantitative estimate of drug-likeness (QED) is 0.596. The van der Waals surface area contributed by atoms with Crippen molar-refractivity contribution < 1.29 is 27.9 Å². The summed E-state index contributed by atoms with van der Waals surface area (Å²) in [5.41, 5.74) is 6.84. The minimum Gasteiger partial charge on any atom is -0.475 e. The van der Waals surface area contributed by atoms with Crippen LogP contribution in [0.5, 0.6) is 0 Å². The van der Waals surface area contributed by atoms with Crippen LogP contribution in [0.25, 0.3) is 0 Å². The highest BCUT2D eigenvalue weighted by molar-refractivity contribution is 6.32. The molecule has 0 aromatic carbocycles. The Kier molecular flexibility index (Phi) is 9.43. The third-order valence-corrected chi connectivity index (χ3v) is 3.78. The third-order valence-electron chi connectivity index (χ3n) is 3.52. The first-order valence-corrected chi connectivity index (χ1v) is 9.22. The fourth-order valence-corrected chi connectivity index (χ4v) is 2.50. The number of amides is 1. The summed E-state index contributed by atoms with van der Waals surface area (Å²) in [5.74, 6) is -2.23. The normalized spacial score (nSPS) is 10.8. The van der Waals surface area contributed by atoms with E-state index < -0.39 is 18.1 Å². The van der Waals surface area contributed by atoms with E-state index in [0.29, 0.717) is 18.3 Å². The molecule has 0 spiro atoms. The number of alkyl halides is 3. The van der Waals surface area contributed by atoms with E-state index in [1.54, 1.807) is 12.4 Å². The van der Waals surface area contributed by atoms with Gasteiger partial charge in [-0.05, 0) is 23.6 Å². The lowest BCUT2D eigenvalue weighted by atomic mass is 10.2. The molecule has 1 amide bonds. The zero-order valence-electron chi connectivity index (χ0n) is 16.9. The molecule has 2 heterocycles. The molecule has 0 aliphatic rings. The maximum Gasteiger partial charge on any atom is 0.490 e. The maximum atomic E-state index is 12.3. The Morgan fingerprint density at radius 2 is 1.81 bits per heavy atom. The summed E-state index contributed by atoms with van der Waals surface area (Å²) >= 11 is 6.18. The fraction of sp³-hybridized carbons (Fsp3) is 0.389. The Morgan fingerprint density at radius 1 is 1.26 bits per heavy atom. The van der Waals surface area contributed by atoms with Crippen molar-refractivity contribution in [2.75, 3.05) is 24.2 Å². The summed E-state index contributed by atoms with van der Waals surface area (Å²) < 4.78 is 31.7. The van der Waals surface area contributed by atoms with Gasteiger partial charge in [0.2, 0.25) is 0 Å². The van der Waals surface area contributed by atoms with Gasteiger partial charge < -0.3 is 21.1 Å². The van der Waals surface area contributed by atoms with Crippen LogP contribution in [-0.4, -0.2) is 51.7 Å². The van der Waals surface area contributed by atoms with Crippen molar-refractivity contribution in [1.29, 1.82) is 0 Å². The summed E-state index contributed by atoms with van der Waals surface area (Å²) in [4.78, 5) is 35.3. The molecule has 0 aliphatic carbocycles. The average Bonchev–Trinajstić information content (AvgIpc) is 2.67. The van der Waals surface area contributed by atoms with Crippen molar-refractivity contribution in [2.24, 2.45) is 5.92 Å². The molecule has 9 nitrogen and oxygen atoms in total. The standard InChI is InChI=1S/C16H21ClN6O.C2HF3O2/c1-10(2)9-23(3)15-13(17)21-12(14(18)22-15)16(24)20-8-11-4-6-19-7-5-11;3-2(4,5)1(6)7/h4-7,10H,8-9H2,1-3H3,(H2,18,22)(H,20,24);(H,6,7). The minimum atomic E-state index is -5.08. The van der Waals surface area contributed by atoms with Crippen LogP contribution in [0.4, 0.5) is 24.8 Å². The largest absolute Gasteiger partial charge is 0.490 e. The van der Waals surface area contributed by atoms with Crippen LogP contribution in [0.3, 0.4) is 0 Å². The van der Waals surface area contributed by atoms with Gasteiger partial charge in [-0.3, -0.25) is 9.78 Å². The topological polar surface area (TPSA) is 134 Å². The van der Waals surface area contributed by atoms with E-state index in [1.165, 1.54) is 0 Å². The summed E-state index contributed by atoms with van der Waals surface area (Å²) in [7, 11) is 1.86. The summed E-state index contributed by atoms with van der Waals surface area (Å²) in [6, 6.07) is 3.62. The Labute approximate surface area is 181 Å². The minimum absolute atomic E-state index is 0.0238. The predicted molar refractivity (Wildman–Crippen MR) is 109 cm³/mol. The first kappa shape index (κ1) is 25.9. The predicted octanol–water partition coefficient (Wildman–Crippen LogP) is 2.76. The van der Waals surface area contributed by atoms with Crippen LogP contribution >= 0.6 is 11.6 Å². The number of hydrogen-bond acceptors (Lipinski definition) is 7. The van der Waals surface area contributed by atoms with Crippen molar-refractivity contribution in [1.82, 2.24) is 20.3 Å². The van der Waals surface area contributed by atoms with Gasteiger partial charge >= 0.3 is 12.1 Å². The zero-order valence-corrected chi connectivity index (χ0v) is 17.7. The van der Waals surface area contributed by atoms with Crippen LogP contribution in [0.15, 0.2) is 24.5 Å². The number of anilines is 2. The van der Waals surface area contributed by atoms with Crippen LogP contribution in [-0.2, 0) is 11.3 Å². The first-order chi connectivity index (χ1) is 14.3. The molecule has 0 atom stereocenters. The van der Waals surface area contributed by atoms with Crippen LogP contribution in [0.1, 0.15) is 29.9 Å². The molecule has 13 heteroatoms. The molecule has 0 unspecified atom stereocenters. The highest BCUT2D eigenvalue weighted by Gasteiger charge is 2.38. The molecule has 31 heavy (non-hydrogen) atoms. The lowest BCUT2D eigenvalue weighted by Gasteiger charge is -2.21. The smallest absolute Gasteiger partial charge is 0.475 e. The van der Waals surface area contributed by atoms with E-state index in [1.807, 2.05) is 24.1 Å². The Bertz CT molecular complexity index is 897. The maximum absolute atomic E-state index is 12.3. The number of aliphatic carboxylic acids is 1. The molecule has 4 N–H and O–H groups in total. The Morgan fingerprint density at radius 3 is 2.29 bits per heavy atom. The Balaban J connectivity index is 0.000000592. The Hall–Kier alpha value is -3.15. The zero-order chi connectivity index (χ0) is 23.8. The third kappa shape index (κ3) is 8.62. The van der Waals surface area contributed by atoms with E-state index in [-0.39, 0.29) is 16.7 Å². The molecule has 2 aromatic rings. The number of carboxylic acids is 1. The molecule has 2 rings (SSSR count). The number of carbonyl (C=O) groups excluding carboxylic acids is 1. The van der Waals surface area contributed by atoms with E-state index in [4.69, 9.17) is 27.2 Å². The number of hydrogen-bond donors (Lipinski definition) is 3. The van der Waals surface area contributed by atoms with Gasteiger partial charge in [0.25, 0.3) is 5.91 Å². The number of pyridine rings is 1. The lowest BCUT2D eigenvalue weighted by Crippen LogP contribution is -2.28. The average molecular weight is 463 g/mol. The molecule has 0 fully saturated rings. The number of carbonyl (C=O) groups is 2. The second-order valence-electron chi connectivity index (χ2n) is 6.69. The number of nitrogens with two attached hydrogens (primary N) is 1. The van der Waals surface area contributed by atoms with Crippen LogP contribution in [0.2, 0.25) is 5.15 Å². The van der Waals surface area contributed by atoms with E-state index >= 15 is 0 Å². The molecule has 170 valence electrons. The van der Waals surface area contributed by atoms with Gasteiger partial charge in [-0.2, -0.15) is 13.2 Å². The number of aromatic nitrogens is 3. The number of halogens is 4. The molecular weight excluding hydrogens is 441 g/mol. The number of nitrogens with one attached hydrogen (secondary N) is 1. The molecule has 0 radical (unpaired) electrons. The van der Waals surface area contributed by atoms with Gasteiger partial charge in [-0.15, -0.1) is 0 Å². The van der Waals surface area contributed by atoms with Crippen molar-refractivity contribution in [3.8, 4) is 0 Å². The van der Waals surface area contributed by atoms with Crippen LogP contribution < -0.4 is 16.0 Å². The van der Waals surface area contributed by atoms with Crippen molar-refractivity contribution >= 4 is 35.1 Å². The van der Waals surface area contributed by atoms with Gasteiger partial charge in [0.15, 0.2) is 22.5 Å². The number of rotatable bonds is 6. The number of carboxylic acid groups (broad SMARTS) is 1. The summed E-state index contributed by atoms with van der Waals surface area (Å²) in [5, 5.41) is 10.0. The highest BCUT2D eigenvalue weighted by Crippen LogP contribution is 2.24. The molecule has 0 aliphatic heterocycles. The molecule has 0 saturated carbocycles. The second-order valence-corrected chi connectivity index (χ2v) is 7.05. The summed E-state index contributed by atoms with van der Waals surface area (Å²) in [6.07, 6.45) is -1.77. The molecular formula is C18H22ClF3N6O3. The first-order valence-electron chi connectivity index (χ1n) is 8.84. The fourth-order valence-electron chi connectivity index (χ4n) is 2.23. The van der Waals surface area contributed by atoms with Crippen molar-refractivity contribution in [3.63, 3.8) is 0 Å². The van der Waals surface area contributed by atoms with Gasteiger partial charge in [0.05, 0.1) is 0 Å². The molecule has 2 aromatic heterocycles. The molecule has 0 bridgehead atoms. The van der Waals surface area contributed by atoms with Gasteiger partial charge in [-0.25, -0.2) is 14.8 Å². The van der Waals surface area contributed by atoms with Crippen molar-refractivity contribution in [3.05, 3.63) is 40.9 Å². The van der Waals surface area contributed by atoms with Gasteiger partial charge in [0, 0.05) is 32.5 Å². The lowest BCUT2D eigenvalue weighted by molar-refractivity contribution is -0.192. The number of nitrogen functional groups attached to an aromatic ring is 1.